The summed E-state index contributed by atoms with van der Waals surface area (Å²) < 4.78 is 7.10. The highest BCUT2D eigenvalue weighted by Crippen LogP contribution is 2.22. The number of aromatic nitrogens is 4. The van der Waals surface area contributed by atoms with Gasteiger partial charge in [0.05, 0.1) is 12.9 Å². The van der Waals surface area contributed by atoms with Crippen LogP contribution in [0.25, 0.3) is 21.6 Å². The number of nitrogens with zero attached hydrogens (tertiary/aromatic N) is 7. The molecule has 1 unspecified atom stereocenters. The van der Waals surface area contributed by atoms with Crippen molar-refractivity contribution in [3.8, 4) is 0 Å². The average molecular weight is 358 g/mol. The summed E-state index contributed by atoms with van der Waals surface area (Å²) in [7, 11) is 0. The number of amides is 1. The molecule has 2 heterocycles. The predicted octanol–water partition coefficient (Wildman–Crippen LogP) is 1.76. The van der Waals surface area contributed by atoms with Crippen LogP contribution in [0.3, 0.4) is 0 Å². The number of hydrogen-bond acceptors (Lipinski definition) is 7. The zero-order valence-corrected chi connectivity index (χ0v) is 14.2. The molecule has 136 valence electrons. The van der Waals surface area contributed by atoms with Gasteiger partial charge in [-0.15, -0.1) is 0 Å². The van der Waals surface area contributed by atoms with Gasteiger partial charge < -0.3 is 14.6 Å². The van der Waals surface area contributed by atoms with Crippen LogP contribution in [0.4, 0.5) is 5.82 Å². The number of hydrogen-bond donors (Lipinski definition) is 1. The first-order valence-electron chi connectivity index (χ1n) is 8.27. The van der Waals surface area contributed by atoms with E-state index in [4.69, 9.17) is 10.3 Å². The lowest BCUT2D eigenvalue weighted by Crippen LogP contribution is -2.44. The molecule has 0 bridgehead atoms. The van der Waals surface area contributed by atoms with Gasteiger partial charge in [-0.3, -0.25) is 4.79 Å². The van der Waals surface area contributed by atoms with Crippen molar-refractivity contribution in [2.75, 3.05) is 0 Å². The fourth-order valence-electron chi connectivity index (χ4n) is 2.99. The van der Waals surface area contributed by atoms with E-state index in [1.807, 2.05) is 0 Å². The Morgan fingerprint density at radius 1 is 1.42 bits per heavy atom. The fraction of sp³-hybridized carbons (Fsp3) is 0.533. The summed E-state index contributed by atoms with van der Waals surface area (Å²) in [6.07, 6.45) is 6.35. The number of rotatable bonds is 6. The zero-order valence-electron chi connectivity index (χ0n) is 14.2. The lowest BCUT2D eigenvalue weighted by molar-refractivity contribution is -0.153. The van der Waals surface area contributed by atoms with E-state index >= 15 is 0 Å². The third-order valence-electron chi connectivity index (χ3n) is 4.15. The van der Waals surface area contributed by atoms with Crippen molar-refractivity contribution in [1.29, 1.82) is 0 Å². The Bertz CT molecular complexity index is 867. The normalized spacial score (nSPS) is 15.4. The molecule has 26 heavy (non-hydrogen) atoms. The quantitative estimate of drug-likeness (QED) is 0.360. The highest BCUT2D eigenvalue weighted by atomic mass is 16.5. The first-order valence-corrected chi connectivity index (χ1v) is 8.27. The first kappa shape index (κ1) is 17.6. The molecule has 0 radical (unpaired) electrons. The number of ether oxygens (including phenoxy) is 1. The second-order valence-electron chi connectivity index (χ2n) is 6.05. The predicted molar refractivity (Wildman–Crippen MR) is 90.1 cm³/mol. The van der Waals surface area contributed by atoms with Crippen LogP contribution < -0.4 is 5.32 Å². The van der Waals surface area contributed by atoms with Crippen LogP contribution >= 0.6 is 0 Å². The molecule has 0 aliphatic heterocycles. The maximum absolute atomic E-state index is 12.5. The van der Waals surface area contributed by atoms with E-state index in [9.17, 15) is 9.59 Å². The average Bonchev–Trinajstić information content (AvgIpc) is 3.25. The number of imidazole rings is 1. The Kier molecular flexibility index (Phi) is 5.28. The maximum Gasteiger partial charge on any atom is 0.330 e. The highest BCUT2D eigenvalue weighted by molar-refractivity contribution is 5.84. The van der Waals surface area contributed by atoms with Gasteiger partial charge in [-0.05, 0) is 36.3 Å². The second kappa shape index (κ2) is 7.79. The molecule has 0 saturated heterocycles. The van der Waals surface area contributed by atoms with Gasteiger partial charge in [-0.2, -0.15) is 0 Å². The molecule has 1 aliphatic carbocycles. The largest absolute Gasteiger partial charge is 0.461 e. The molecule has 1 fully saturated rings. The standard InChI is InChI=1S/C15H18N8O3/c1-9(24)20-11(15(25)26-10-4-2-3-5-10)6-23-8-19-12-13(21-22-16)17-7-18-14(12)23/h7-8,10-11H,2-6H2,1H3,(H,20,24). The van der Waals surface area contributed by atoms with E-state index in [1.54, 1.807) is 4.57 Å². The lowest BCUT2D eigenvalue weighted by Gasteiger charge is -2.20. The molecule has 11 nitrogen and oxygen atoms in total. The maximum atomic E-state index is 12.5. The molecule has 0 spiro atoms. The minimum absolute atomic E-state index is 0.0916. The molecule has 1 N–H and O–H groups in total. The van der Waals surface area contributed by atoms with E-state index in [1.165, 1.54) is 19.6 Å². The Morgan fingerprint density at radius 2 is 2.19 bits per heavy atom. The van der Waals surface area contributed by atoms with Crippen molar-refractivity contribution >= 4 is 28.9 Å². The second-order valence-corrected chi connectivity index (χ2v) is 6.05. The van der Waals surface area contributed by atoms with Crippen molar-refractivity contribution in [1.82, 2.24) is 24.8 Å². The van der Waals surface area contributed by atoms with Gasteiger partial charge in [0.25, 0.3) is 0 Å². The van der Waals surface area contributed by atoms with Crippen LogP contribution in [0.15, 0.2) is 17.8 Å². The summed E-state index contributed by atoms with van der Waals surface area (Å²) in [6, 6.07) is -0.872. The van der Waals surface area contributed by atoms with Gasteiger partial charge in [-0.25, -0.2) is 19.7 Å². The monoisotopic (exact) mass is 358 g/mol. The van der Waals surface area contributed by atoms with Crippen molar-refractivity contribution in [2.24, 2.45) is 5.11 Å². The van der Waals surface area contributed by atoms with Gasteiger partial charge in [-0.1, -0.05) is 0 Å². The van der Waals surface area contributed by atoms with E-state index in [2.05, 4.69) is 30.3 Å². The fourth-order valence-corrected chi connectivity index (χ4v) is 2.99. The van der Waals surface area contributed by atoms with Gasteiger partial charge in [0.2, 0.25) is 5.91 Å². The van der Waals surface area contributed by atoms with Gasteiger partial charge in [0.1, 0.15) is 24.0 Å². The van der Waals surface area contributed by atoms with E-state index in [0.717, 1.165) is 25.7 Å². The molecule has 2 aromatic rings. The lowest BCUT2D eigenvalue weighted by atomic mass is 10.2. The molecule has 11 heteroatoms. The smallest absolute Gasteiger partial charge is 0.330 e. The third-order valence-corrected chi connectivity index (χ3v) is 4.15. The van der Waals surface area contributed by atoms with Crippen molar-refractivity contribution in [2.45, 2.75) is 51.3 Å². The Balaban J connectivity index is 1.83. The molecular formula is C15H18N8O3. The molecule has 1 atom stereocenters. The minimum atomic E-state index is -0.872. The Labute approximate surface area is 148 Å². The molecular weight excluding hydrogens is 340 g/mol. The van der Waals surface area contributed by atoms with Crippen molar-refractivity contribution < 1.29 is 14.3 Å². The third kappa shape index (κ3) is 3.89. The first-order chi connectivity index (χ1) is 12.6. The van der Waals surface area contributed by atoms with Crippen molar-refractivity contribution in [3.63, 3.8) is 0 Å². The number of carbonyl (C=O) groups excluding carboxylic acids is 2. The molecule has 1 aliphatic rings. The zero-order chi connectivity index (χ0) is 18.5. The van der Waals surface area contributed by atoms with Crippen LogP contribution in [-0.2, 0) is 20.9 Å². The minimum Gasteiger partial charge on any atom is -0.461 e. The van der Waals surface area contributed by atoms with E-state index < -0.39 is 12.0 Å². The number of fused-ring (bicyclic) bond motifs is 1. The SMILES string of the molecule is CC(=O)NC(Cn1cnc2c(N=[N+]=[N-])ncnc21)C(=O)OC1CCCC1. The summed E-state index contributed by atoms with van der Waals surface area (Å²) in [5.41, 5.74) is 9.30. The molecule has 3 rings (SSSR count). The summed E-state index contributed by atoms with van der Waals surface area (Å²) in [6.45, 7) is 1.43. The van der Waals surface area contributed by atoms with Crippen LogP contribution in [0, 0.1) is 0 Å². The molecule has 1 amide bonds. The Morgan fingerprint density at radius 3 is 2.88 bits per heavy atom. The summed E-state index contributed by atoms with van der Waals surface area (Å²) in [4.78, 5) is 38.8. The summed E-state index contributed by atoms with van der Waals surface area (Å²) in [5, 5.41) is 6.08. The van der Waals surface area contributed by atoms with Crippen LogP contribution in [-0.4, -0.2) is 43.5 Å². The number of esters is 1. The highest BCUT2D eigenvalue weighted by Gasteiger charge is 2.27. The number of azide groups is 1. The number of nitrogens with one attached hydrogen (secondary N) is 1. The summed E-state index contributed by atoms with van der Waals surface area (Å²) >= 11 is 0. The molecule has 1 saturated carbocycles. The van der Waals surface area contributed by atoms with Gasteiger partial charge >= 0.3 is 5.97 Å². The van der Waals surface area contributed by atoms with Crippen LogP contribution in [0.1, 0.15) is 32.6 Å². The molecule has 0 aromatic carbocycles. The van der Waals surface area contributed by atoms with Crippen molar-refractivity contribution in [3.05, 3.63) is 23.1 Å². The molecule has 2 aromatic heterocycles. The van der Waals surface area contributed by atoms with Gasteiger partial charge in [0.15, 0.2) is 11.5 Å². The topological polar surface area (TPSA) is 148 Å². The van der Waals surface area contributed by atoms with Crippen LogP contribution in [0.5, 0.6) is 0 Å². The Hall–Kier alpha value is -3.20. The van der Waals surface area contributed by atoms with E-state index in [-0.39, 0.29) is 24.4 Å². The van der Waals surface area contributed by atoms with Gasteiger partial charge in [0, 0.05) is 11.8 Å². The summed E-state index contributed by atoms with van der Waals surface area (Å²) in [5.74, 6) is -0.730. The van der Waals surface area contributed by atoms with E-state index in [0.29, 0.717) is 11.2 Å². The van der Waals surface area contributed by atoms with Crippen LogP contribution in [0.2, 0.25) is 0 Å². The number of carbonyl (C=O) groups is 2.